The average Bonchev–Trinajstić information content (AvgIpc) is 2.52. The van der Waals surface area contributed by atoms with Crippen LogP contribution in [-0.2, 0) is 0 Å². The summed E-state index contributed by atoms with van der Waals surface area (Å²) in [6.45, 7) is 1.10. The number of nitrogens with zero attached hydrogens (tertiary/aromatic N) is 1. The van der Waals surface area contributed by atoms with E-state index in [1.807, 2.05) is 17.8 Å². The van der Waals surface area contributed by atoms with Gasteiger partial charge in [-0.3, -0.25) is 0 Å². The molecule has 0 aliphatic rings. The second-order valence-corrected chi connectivity index (χ2v) is 6.62. The van der Waals surface area contributed by atoms with Gasteiger partial charge in [-0.25, -0.2) is 0 Å². The Morgan fingerprint density at radius 3 is 2.19 bits per heavy atom. The molecule has 0 aliphatic carbocycles. The molecular weight excluding hydrogens is 276 g/mol. The summed E-state index contributed by atoms with van der Waals surface area (Å²) in [5.74, 6) is 2.10. The summed E-state index contributed by atoms with van der Waals surface area (Å²) in [5, 5.41) is 0. The topological polar surface area (TPSA) is 29.3 Å². The fraction of sp³-hybridized carbons (Fsp3) is 0.333. The molecule has 0 aromatic heterocycles. The molecule has 0 aliphatic heterocycles. The van der Waals surface area contributed by atoms with Crippen molar-refractivity contribution in [2.45, 2.75) is 6.04 Å². The Labute approximate surface area is 132 Å². The summed E-state index contributed by atoms with van der Waals surface area (Å²) < 4.78 is 0. The second kappa shape index (κ2) is 8.23. The van der Waals surface area contributed by atoms with Crippen molar-refractivity contribution in [2.24, 2.45) is 5.73 Å². The van der Waals surface area contributed by atoms with E-state index < -0.39 is 0 Å². The quantitative estimate of drug-likeness (QED) is 0.792. The van der Waals surface area contributed by atoms with E-state index in [0.717, 1.165) is 18.1 Å². The van der Waals surface area contributed by atoms with E-state index in [4.69, 9.17) is 5.73 Å². The highest BCUT2D eigenvalue weighted by molar-refractivity contribution is 7.99. The van der Waals surface area contributed by atoms with Gasteiger partial charge in [0.2, 0.25) is 0 Å². The number of hydrogen-bond donors (Lipinski definition) is 1. The summed E-state index contributed by atoms with van der Waals surface area (Å²) in [5.41, 5.74) is 9.97. The minimum atomic E-state index is 0.113. The van der Waals surface area contributed by atoms with Gasteiger partial charge in [0, 0.05) is 24.1 Å². The lowest BCUT2D eigenvalue weighted by molar-refractivity contribution is 0.437. The minimum absolute atomic E-state index is 0.113. The zero-order valence-corrected chi connectivity index (χ0v) is 13.6. The smallest absolute Gasteiger partial charge is 0.0386 e. The molecule has 0 fully saturated rings. The van der Waals surface area contributed by atoms with Gasteiger partial charge in [0.15, 0.2) is 0 Å². The zero-order chi connectivity index (χ0) is 15.1. The summed E-state index contributed by atoms with van der Waals surface area (Å²) in [7, 11) is 4.20. The van der Waals surface area contributed by atoms with E-state index in [2.05, 4.69) is 67.5 Å². The summed E-state index contributed by atoms with van der Waals surface area (Å²) >= 11 is 1.92. The van der Waals surface area contributed by atoms with Gasteiger partial charge < -0.3 is 10.6 Å². The van der Waals surface area contributed by atoms with Gasteiger partial charge in [-0.1, -0.05) is 54.6 Å². The van der Waals surface area contributed by atoms with E-state index in [0.29, 0.717) is 0 Å². The molecular formula is C18H24N2S. The van der Waals surface area contributed by atoms with Crippen LogP contribution in [0.25, 0.3) is 11.1 Å². The molecule has 2 aromatic carbocycles. The Hall–Kier alpha value is -1.29. The van der Waals surface area contributed by atoms with Crippen molar-refractivity contribution in [2.75, 3.05) is 32.1 Å². The highest BCUT2D eigenvalue weighted by Crippen LogP contribution is 2.22. The molecule has 1 unspecified atom stereocenters. The lowest BCUT2D eigenvalue weighted by atomic mass is 10.0. The summed E-state index contributed by atoms with van der Waals surface area (Å²) in [4.78, 5) is 2.20. The average molecular weight is 300 g/mol. The van der Waals surface area contributed by atoms with Gasteiger partial charge in [0.05, 0.1) is 0 Å². The van der Waals surface area contributed by atoms with Gasteiger partial charge in [-0.15, -0.1) is 0 Å². The van der Waals surface area contributed by atoms with Crippen molar-refractivity contribution in [1.82, 2.24) is 4.90 Å². The van der Waals surface area contributed by atoms with Crippen molar-refractivity contribution in [1.29, 1.82) is 0 Å². The minimum Gasteiger partial charge on any atom is -0.323 e. The van der Waals surface area contributed by atoms with Crippen molar-refractivity contribution in [3.05, 3.63) is 60.2 Å². The number of thioether (sulfide) groups is 1. The van der Waals surface area contributed by atoms with Crippen LogP contribution in [0.2, 0.25) is 0 Å². The number of benzene rings is 2. The number of nitrogens with two attached hydrogens (primary N) is 1. The van der Waals surface area contributed by atoms with E-state index >= 15 is 0 Å². The van der Waals surface area contributed by atoms with Crippen molar-refractivity contribution in [3.8, 4) is 11.1 Å². The van der Waals surface area contributed by atoms with Gasteiger partial charge in [-0.05, 0) is 30.8 Å². The third-order valence-corrected chi connectivity index (χ3v) is 4.49. The fourth-order valence-corrected chi connectivity index (χ4v) is 3.21. The Morgan fingerprint density at radius 1 is 0.952 bits per heavy atom. The molecule has 2 N–H and O–H groups in total. The number of hydrogen-bond acceptors (Lipinski definition) is 3. The molecule has 1 atom stereocenters. The van der Waals surface area contributed by atoms with E-state index in [1.54, 1.807) is 0 Å². The first-order valence-corrected chi connectivity index (χ1v) is 8.46. The first-order valence-electron chi connectivity index (χ1n) is 7.30. The second-order valence-electron chi connectivity index (χ2n) is 5.47. The maximum Gasteiger partial charge on any atom is 0.0386 e. The van der Waals surface area contributed by atoms with Crippen molar-refractivity contribution < 1.29 is 0 Å². The molecule has 0 saturated carbocycles. The molecule has 0 saturated heterocycles. The van der Waals surface area contributed by atoms with Crippen LogP contribution in [0.4, 0.5) is 0 Å². The van der Waals surface area contributed by atoms with Gasteiger partial charge >= 0.3 is 0 Å². The SMILES string of the molecule is CN(C)CCSCC(N)c1ccc(-c2ccccc2)cc1. The van der Waals surface area contributed by atoms with E-state index in [9.17, 15) is 0 Å². The first-order chi connectivity index (χ1) is 10.2. The standard InChI is InChI=1S/C18H24N2S/c1-20(2)12-13-21-14-18(19)17-10-8-16(9-11-17)15-6-4-3-5-7-15/h3-11,18H,12-14,19H2,1-2H3. The summed E-state index contributed by atoms with van der Waals surface area (Å²) in [6.07, 6.45) is 0. The van der Waals surface area contributed by atoms with Gasteiger partial charge in [-0.2, -0.15) is 11.8 Å². The fourth-order valence-electron chi connectivity index (χ4n) is 2.11. The molecule has 0 radical (unpaired) electrons. The maximum atomic E-state index is 6.27. The predicted octanol–water partition coefficient (Wildman–Crippen LogP) is 3.65. The van der Waals surface area contributed by atoms with Crippen LogP contribution in [0.5, 0.6) is 0 Å². The normalized spacial score (nSPS) is 12.6. The lowest BCUT2D eigenvalue weighted by Crippen LogP contribution is -2.17. The van der Waals surface area contributed by atoms with Crippen LogP contribution in [-0.4, -0.2) is 37.0 Å². The van der Waals surface area contributed by atoms with E-state index in [-0.39, 0.29) is 6.04 Å². The van der Waals surface area contributed by atoms with Crippen molar-refractivity contribution >= 4 is 11.8 Å². The monoisotopic (exact) mass is 300 g/mol. The molecule has 112 valence electrons. The van der Waals surface area contributed by atoms with Crippen LogP contribution in [0.1, 0.15) is 11.6 Å². The van der Waals surface area contributed by atoms with Crippen LogP contribution < -0.4 is 5.73 Å². The largest absolute Gasteiger partial charge is 0.323 e. The predicted molar refractivity (Wildman–Crippen MR) is 94.7 cm³/mol. The molecule has 2 nitrogen and oxygen atoms in total. The molecule has 0 bridgehead atoms. The van der Waals surface area contributed by atoms with Crippen LogP contribution >= 0.6 is 11.8 Å². The Balaban J connectivity index is 1.89. The molecule has 2 rings (SSSR count). The highest BCUT2D eigenvalue weighted by Gasteiger charge is 2.06. The van der Waals surface area contributed by atoms with Crippen LogP contribution in [0.3, 0.4) is 0 Å². The maximum absolute atomic E-state index is 6.27. The van der Waals surface area contributed by atoms with Gasteiger partial charge in [0.25, 0.3) is 0 Å². The Bertz CT molecular complexity index is 523. The van der Waals surface area contributed by atoms with Crippen molar-refractivity contribution in [3.63, 3.8) is 0 Å². The highest BCUT2D eigenvalue weighted by atomic mass is 32.2. The molecule has 21 heavy (non-hydrogen) atoms. The molecule has 0 spiro atoms. The van der Waals surface area contributed by atoms with E-state index in [1.165, 1.54) is 16.7 Å². The van der Waals surface area contributed by atoms with Gasteiger partial charge in [0.1, 0.15) is 0 Å². The Kier molecular flexibility index (Phi) is 6.30. The summed E-state index contributed by atoms with van der Waals surface area (Å²) in [6, 6.07) is 19.2. The zero-order valence-electron chi connectivity index (χ0n) is 12.8. The van der Waals surface area contributed by atoms with Crippen LogP contribution in [0, 0.1) is 0 Å². The number of rotatable bonds is 7. The van der Waals surface area contributed by atoms with Crippen LogP contribution in [0.15, 0.2) is 54.6 Å². The third kappa shape index (κ3) is 5.20. The molecule has 2 aromatic rings. The lowest BCUT2D eigenvalue weighted by Gasteiger charge is -2.14. The molecule has 0 amide bonds. The molecule has 3 heteroatoms. The third-order valence-electron chi connectivity index (χ3n) is 3.43. The Morgan fingerprint density at radius 2 is 1.57 bits per heavy atom. The first kappa shape index (κ1) is 16.1. The molecule has 0 heterocycles.